The summed E-state index contributed by atoms with van der Waals surface area (Å²) < 4.78 is 0. The summed E-state index contributed by atoms with van der Waals surface area (Å²) in [5.41, 5.74) is 1.31. The highest BCUT2D eigenvalue weighted by molar-refractivity contribution is 7.12. The first kappa shape index (κ1) is 15.2. The topological polar surface area (TPSA) is 33.2 Å². The number of likely N-dealkylation sites (tertiary alicyclic amines) is 1. The van der Waals surface area contributed by atoms with Crippen LogP contribution in [0.15, 0.2) is 36.7 Å². The zero-order chi connectivity index (χ0) is 15.4. The van der Waals surface area contributed by atoms with Crippen molar-refractivity contribution in [1.29, 1.82) is 0 Å². The normalized spacial score (nSPS) is 17.9. The Bertz CT molecular complexity index is 623. The van der Waals surface area contributed by atoms with Crippen LogP contribution in [0, 0.1) is 6.92 Å². The van der Waals surface area contributed by atoms with Crippen LogP contribution in [0.25, 0.3) is 0 Å². The highest BCUT2D eigenvalue weighted by atomic mass is 32.1. The predicted octanol–water partition coefficient (Wildman–Crippen LogP) is 3.62. The number of pyridine rings is 1. The van der Waals surface area contributed by atoms with E-state index >= 15 is 0 Å². The number of hydrogen-bond donors (Lipinski definition) is 0. The fourth-order valence-corrected chi connectivity index (χ4v) is 4.06. The summed E-state index contributed by atoms with van der Waals surface area (Å²) in [6, 6.07) is 8.71. The first-order chi connectivity index (χ1) is 10.7. The summed E-state index contributed by atoms with van der Waals surface area (Å²) >= 11 is 1.73. The molecule has 2 aromatic rings. The Morgan fingerprint density at radius 1 is 1.32 bits per heavy atom. The number of rotatable bonds is 5. The second kappa shape index (κ2) is 7.05. The van der Waals surface area contributed by atoms with Crippen molar-refractivity contribution in [3.8, 4) is 0 Å². The smallest absolute Gasteiger partial charge is 0.228 e. The van der Waals surface area contributed by atoms with Gasteiger partial charge in [-0.1, -0.05) is 0 Å². The van der Waals surface area contributed by atoms with Gasteiger partial charge < -0.3 is 4.90 Å². The SMILES string of the molecule is Cc1ccc(CC(=O)N2CCCC2CCc2ccncc2)s1. The molecule has 1 atom stereocenters. The molecule has 1 amide bonds. The maximum Gasteiger partial charge on any atom is 0.228 e. The van der Waals surface area contributed by atoms with Gasteiger partial charge >= 0.3 is 0 Å². The Hall–Kier alpha value is -1.68. The highest BCUT2D eigenvalue weighted by Gasteiger charge is 2.28. The van der Waals surface area contributed by atoms with Crippen molar-refractivity contribution < 1.29 is 4.79 Å². The zero-order valence-corrected chi connectivity index (χ0v) is 13.8. The number of nitrogens with zero attached hydrogens (tertiary/aromatic N) is 2. The number of aryl methyl sites for hydroxylation is 2. The number of hydrogen-bond acceptors (Lipinski definition) is 3. The van der Waals surface area contributed by atoms with E-state index in [1.807, 2.05) is 12.4 Å². The van der Waals surface area contributed by atoms with Gasteiger partial charge in [0.25, 0.3) is 0 Å². The monoisotopic (exact) mass is 314 g/mol. The minimum absolute atomic E-state index is 0.291. The van der Waals surface area contributed by atoms with Gasteiger partial charge in [-0.2, -0.15) is 0 Å². The van der Waals surface area contributed by atoms with E-state index in [4.69, 9.17) is 0 Å². The number of amides is 1. The fraction of sp³-hybridized carbons (Fsp3) is 0.444. The predicted molar refractivity (Wildman–Crippen MR) is 90.1 cm³/mol. The van der Waals surface area contributed by atoms with Gasteiger partial charge in [0, 0.05) is 34.7 Å². The van der Waals surface area contributed by atoms with Crippen molar-refractivity contribution in [1.82, 2.24) is 9.88 Å². The van der Waals surface area contributed by atoms with Crippen molar-refractivity contribution in [3.63, 3.8) is 0 Å². The van der Waals surface area contributed by atoms with Crippen LogP contribution in [0.1, 0.15) is 34.6 Å². The van der Waals surface area contributed by atoms with Gasteiger partial charge in [0.15, 0.2) is 0 Å². The van der Waals surface area contributed by atoms with Gasteiger partial charge in [0.05, 0.1) is 6.42 Å². The van der Waals surface area contributed by atoms with Gasteiger partial charge in [0.1, 0.15) is 0 Å². The van der Waals surface area contributed by atoms with Crippen LogP contribution in [0.5, 0.6) is 0 Å². The molecular weight excluding hydrogens is 292 g/mol. The molecule has 0 aromatic carbocycles. The Kier molecular flexibility index (Phi) is 4.88. The van der Waals surface area contributed by atoms with E-state index in [1.54, 1.807) is 11.3 Å². The summed E-state index contributed by atoms with van der Waals surface area (Å²) in [4.78, 5) is 21.2. The van der Waals surface area contributed by atoms with Gasteiger partial charge in [-0.3, -0.25) is 9.78 Å². The van der Waals surface area contributed by atoms with Gasteiger partial charge in [0.2, 0.25) is 5.91 Å². The molecule has 3 heterocycles. The maximum absolute atomic E-state index is 12.6. The van der Waals surface area contributed by atoms with E-state index in [9.17, 15) is 4.79 Å². The molecule has 0 radical (unpaired) electrons. The second-order valence-electron chi connectivity index (χ2n) is 5.97. The molecule has 3 nitrogen and oxygen atoms in total. The molecule has 1 unspecified atom stereocenters. The van der Waals surface area contributed by atoms with Crippen molar-refractivity contribution in [2.75, 3.05) is 6.54 Å². The van der Waals surface area contributed by atoms with Crippen LogP contribution in [0.3, 0.4) is 0 Å². The Labute approximate surface area is 136 Å². The van der Waals surface area contributed by atoms with Crippen LogP contribution in [-0.4, -0.2) is 28.4 Å². The van der Waals surface area contributed by atoms with Crippen LogP contribution in [-0.2, 0) is 17.6 Å². The van der Waals surface area contributed by atoms with Crippen LogP contribution >= 0.6 is 11.3 Å². The summed E-state index contributed by atoms with van der Waals surface area (Å²) in [5, 5.41) is 0. The minimum atomic E-state index is 0.291. The van der Waals surface area contributed by atoms with E-state index in [0.717, 1.165) is 32.2 Å². The van der Waals surface area contributed by atoms with Crippen molar-refractivity contribution in [2.45, 2.75) is 45.1 Å². The lowest BCUT2D eigenvalue weighted by atomic mass is 10.0. The maximum atomic E-state index is 12.6. The molecule has 1 saturated heterocycles. The summed E-state index contributed by atoms with van der Waals surface area (Å²) in [5.74, 6) is 0.291. The van der Waals surface area contributed by atoms with Gasteiger partial charge in [-0.15, -0.1) is 11.3 Å². The van der Waals surface area contributed by atoms with E-state index in [1.165, 1.54) is 15.3 Å². The molecule has 4 heteroatoms. The lowest BCUT2D eigenvalue weighted by Gasteiger charge is -2.24. The van der Waals surface area contributed by atoms with E-state index in [-0.39, 0.29) is 0 Å². The summed E-state index contributed by atoms with van der Waals surface area (Å²) in [7, 11) is 0. The lowest BCUT2D eigenvalue weighted by molar-refractivity contribution is -0.131. The molecule has 0 bridgehead atoms. The van der Waals surface area contributed by atoms with E-state index < -0.39 is 0 Å². The Morgan fingerprint density at radius 2 is 2.14 bits per heavy atom. The van der Waals surface area contributed by atoms with Gasteiger partial charge in [-0.25, -0.2) is 0 Å². The first-order valence-corrected chi connectivity index (χ1v) is 8.78. The minimum Gasteiger partial charge on any atom is -0.339 e. The second-order valence-corrected chi connectivity index (χ2v) is 7.34. The molecule has 1 aliphatic rings. The average Bonchev–Trinajstić information content (AvgIpc) is 3.15. The molecule has 0 aliphatic carbocycles. The van der Waals surface area contributed by atoms with Crippen molar-refractivity contribution in [2.24, 2.45) is 0 Å². The fourth-order valence-electron chi connectivity index (χ4n) is 3.18. The van der Waals surface area contributed by atoms with Crippen molar-refractivity contribution in [3.05, 3.63) is 52.0 Å². The van der Waals surface area contributed by atoms with Crippen LogP contribution in [0.2, 0.25) is 0 Å². The largest absolute Gasteiger partial charge is 0.339 e. The highest BCUT2D eigenvalue weighted by Crippen LogP contribution is 2.24. The molecule has 1 fully saturated rings. The van der Waals surface area contributed by atoms with Crippen LogP contribution < -0.4 is 0 Å². The summed E-state index contributed by atoms with van der Waals surface area (Å²) in [6.07, 6.45) is 8.59. The molecule has 0 spiro atoms. The third-order valence-corrected chi connectivity index (χ3v) is 5.34. The van der Waals surface area contributed by atoms with E-state index in [2.05, 4.69) is 41.1 Å². The lowest BCUT2D eigenvalue weighted by Crippen LogP contribution is -2.36. The zero-order valence-electron chi connectivity index (χ0n) is 13.0. The molecule has 2 aromatic heterocycles. The molecule has 3 rings (SSSR count). The molecule has 0 N–H and O–H groups in total. The third kappa shape index (κ3) is 3.74. The number of aromatic nitrogens is 1. The van der Waals surface area contributed by atoms with Gasteiger partial charge in [-0.05, 0) is 62.4 Å². The molecule has 116 valence electrons. The molecule has 22 heavy (non-hydrogen) atoms. The Morgan fingerprint density at radius 3 is 2.86 bits per heavy atom. The Balaban J connectivity index is 1.56. The third-order valence-electron chi connectivity index (χ3n) is 4.33. The first-order valence-electron chi connectivity index (χ1n) is 7.96. The van der Waals surface area contributed by atoms with Crippen LogP contribution in [0.4, 0.5) is 0 Å². The number of carbonyl (C=O) groups excluding carboxylic acids is 1. The number of thiophene rings is 1. The molecular formula is C18H22N2OS. The molecule has 1 aliphatic heterocycles. The van der Waals surface area contributed by atoms with E-state index in [0.29, 0.717) is 18.4 Å². The average molecular weight is 314 g/mol. The molecule has 0 saturated carbocycles. The van der Waals surface area contributed by atoms with Crippen molar-refractivity contribution >= 4 is 17.2 Å². The standard InChI is InChI=1S/C18H22N2OS/c1-14-4-7-17(22-14)13-18(21)20-12-2-3-16(20)6-5-15-8-10-19-11-9-15/h4,7-11,16H,2-3,5-6,12-13H2,1H3. The summed E-state index contributed by atoms with van der Waals surface area (Å²) in [6.45, 7) is 3.01. The quantitative estimate of drug-likeness (QED) is 0.844. The number of carbonyl (C=O) groups is 1.